The van der Waals surface area contributed by atoms with Crippen LogP contribution in [0.5, 0.6) is 0 Å². The number of carboxylic acids is 2. The lowest BCUT2D eigenvalue weighted by molar-refractivity contribution is -0.146. The number of likely N-dealkylation sites (N-methyl/N-ethyl adjacent to an activating group) is 2. The van der Waals surface area contributed by atoms with Gasteiger partial charge >= 0.3 is 23.9 Å². The first-order valence-electron chi connectivity index (χ1n) is 18.1. The molecule has 0 fully saturated rings. The molecular formula is C36H62N2O12S4. The third-order valence-electron chi connectivity index (χ3n) is 7.96. The van der Waals surface area contributed by atoms with Crippen LogP contribution in [0, 0.1) is 11.8 Å². The molecule has 4 unspecified atom stereocenters. The van der Waals surface area contributed by atoms with Gasteiger partial charge in [0.1, 0.15) is 35.2 Å². The highest BCUT2D eigenvalue weighted by atomic mass is 33.1. The number of rotatable bonds is 34. The van der Waals surface area contributed by atoms with Crippen molar-refractivity contribution < 1.29 is 58.0 Å². The fourth-order valence-corrected chi connectivity index (χ4v) is 9.70. The number of methoxy groups -OCH3 is 2. The molecule has 0 aliphatic rings. The summed E-state index contributed by atoms with van der Waals surface area (Å²) < 4.78 is 9.52. The van der Waals surface area contributed by atoms with Crippen molar-refractivity contribution in [3.05, 3.63) is 0 Å². The highest BCUT2D eigenvalue weighted by Gasteiger charge is 2.24. The average Bonchev–Trinajstić information content (AvgIpc) is 3.12. The number of unbranched alkanes of at least 4 members (excludes halogenated alkanes) is 6. The predicted octanol–water partition coefficient (Wildman–Crippen LogP) is 5.44. The van der Waals surface area contributed by atoms with Gasteiger partial charge in [0.2, 0.25) is 0 Å². The fraction of sp³-hybridized carbons (Fsp3) is 0.778. The van der Waals surface area contributed by atoms with Crippen LogP contribution in [-0.4, -0.2) is 121 Å². The highest BCUT2D eigenvalue weighted by molar-refractivity contribution is 8.77. The summed E-state index contributed by atoms with van der Waals surface area (Å²) >= 11 is 0. The molecule has 0 saturated carbocycles. The zero-order valence-electron chi connectivity index (χ0n) is 32.6. The van der Waals surface area contributed by atoms with Crippen molar-refractivity contribution in [3.8, 4) is 0 Å². The van der Waals surface area contributed by atoms with E-state index in [1.165, 1.54) is 57.4 Å². The molecule has 0 aliphatic carbocycles. The van der Waals surface area contributed by atoms with Crippen molar-refractivity contribution in [2.24, 2.45) is 11.8 Å². The molecule has 312 valence electrons. The maximum atomic E-state index is 12.2. The molecule has 0 aliphatic heterocycles. The van der Waals surface area contributed by atoms with Gasteiger partial charge in [-0.3, -0.25) is 28.8 Å². The summed E-state index contributed by atoms with van der Waals surface area (Å²) in [4.78, 5) is 91.5. The summed E-state index contributed by atoms with van der Waals surface area (Å²) in [5, 5.41) is 23.7. The largest absolute Gasteiger partial charge is 0.481 e. The van der Waals surface area contributed by atoms with Crippen molar-refractivity contribution in [2.45, 2.75) is 116 Å². The van der Waals surface area contributed by atoms with Gasteiger partial charge in [-0.05, 0) is 53.6 Å². The summed E-state index contributed by atoms with van der Waals surface area (Å²) in [5.74, 6) is -2.04. The van der Waals surface area contributed by atoms with Crippen molar-refractivity contribution in [1.29, 1.82) is 0 Å². The molecule has 14 nitrogen and oxygen atoms in total. The minimum absolute atomic E-state index is 0.00469. The lowest BCUT2D eigenvalue weighted by Crippen LogP contribution is -2.37. The molecule has 0 amide bonds. The Morgan fingerprint density at radius 1 is 0.500 bits per heavy atom. The van der Waals surface area contributed by atoms with Crippen LogP contribution in [0.2, 0.25) is 0 Å². The summed E-state index contributed by atoms with van der Waals surface area (Å²) in [6, 6.07) is -1.09. The molecule has 0 rings (SSSR count). The Balaban J connectivity index is 0. The topological polar surface area (TPSA) is 220 Å². The number of hydrogen-bond donors (Lipinski definition) is 4. The molecule has 0 radical (unpaired) electrons. The van der Waals surface area contributed by atoms with Gasteiger partial charge in [-0.2, -0.15) is 0 Å². The van der Waals surface area contributed by atoms with Crippen LogP contribution in [0.15, 0.2) is 0 Å². The number of carboxylic acid groups (broad SMARTS) is 2. The fourth-order valence-electron chi connectivity index (χ4n) is 4.63. The Labute approximate surface area is 336 Å². The van der Waals surface area contributed by atoms with E-state index in [1.54, 1.807) is 27.9 Å². The highest BCUT2D eigenvalue weighted by Crippen LogP contribution is 2.28. The molecule has 0 bridgehead atoms. The number of esters is 2. The molecule has 54 heavy (non-hydrogen) atoms. The minimum Gasteiger partial charge on any atom is -0.481 e. The molecule has 4 N–H and O–H groups in total. The van der Waals surface area contributed by atoms with Gasteiger partial charge in [-0.1, -0.05) is 68.9 Å². The van der Waals surface area contributed by atoms with E-state index in [0.717, 1.165) is 44.9 Å². The van der Waals surface area contributed by atoms with Gasteiger partial charge in [0.25, 0.3) is 0 Å². The Hall–Kier alpha value is -2.12. The summed E-state index contributed by atoms with van der Waals surface area (Å²) in [6.45, 7) is 3.15. The van der Waals surface area contributed by atoms with Crippen LogP contribution in [0.25, 0.3) is 0 Å². The first-order valence-corrected chi connectivity index (χ1v) is 23.1. The van der Waals surface area contributed by atoms with Crippen molar-refractivity contribution in [2.75, 3.05) is 51.3 Å². The molecule has 0 aromatic rings. The predicted molar refractivity (Wildman–Crippen MR) is 218 cm³/mol. The molecule has 0 saturated heterocycles. The van der Waals surface area contributed by atoms with E-state index < -0.39 is 35.9 Å². The van der Waals surface area contributed by atoms with E-state index in [4.69, 9.17) is 14.6 Å². The second-order valence-electron chi connectivity index (χ2n) is 12.7. The average molecular weight is 843 g/mol. The van der Waals surface area contributed by atoms with Crippen molar-refractivity contribution in [1.82, 2.24) is 10.6 Å². The van der Waals surface area contributed by atoms with Crippen LogP contribution >= 0.6 is 43.2 Å². The van der Waals surface area contributed by atoms with E-state index >= 15 is 0 Å². The summed E-state index contributed by atoms with van der Waals surface area (Å²) in [5.41, 5.74) is 0. The SMILES string of the molecule is CNC(CSSCC(CC(=O)CCCCCCC(C)=O)C(=O)O)C(=O)O.CNC(CSSCC(CC(=O)CCCCCCC(C)=O)C(=O)OC)C(=O)OC. The van der Waals surface area contributed by atoms with Gasteiger partial charge in [0.05, 0.1) is 26.1 Å². The maximum Gasteiger partial charge on any atom is 0.323 e. The quantitative estimate of drug-likeness (QED) is 0.0360. The van der Waals surface area contributed by atoms with Crippen molar-refractivity contribution >= 4 is 90.2 Å². The summed E-state index contributed by atoms with van der Waals surface area (Å²) in [7, 11) is 11.4. The van der Waals surface area contributed by atoms with Gasteiger partial charge in [0.15, 0.2) is 0 Å². The van der Waals surface area contributed by atoms with E-state index in [9.17, 15) is 43.5 Å². The molecular weight excluding hydrogens is 781 g/mol. The number of nitrogens with one attached hydrogen (secondary N) is 2. The number of Topliss-reactive ketones (excluding diaryl/α,β-unsaturated/α-hetero) is 4. The Morgan fingerprint density at radius 2 is 0.870 bits per heavy atom. The standard InChI is InChI=1S/C19H33NO6S2.C17H29NO6S2/c1-14(21)9-7-5-6-8-10-16(22)11-15(18(23)25-3)12-27-28-13-17(20-2)19(24)26-4;1-12(19)7-5-3-4-6-8-14(20)9-13(16(21)22)10-25-26-11-15(18-2)17(23)24/h15,17,20H,5-13H2,1-4H3;13,15,18H,3-11H2,1-2H3,(H,21,22)(H,23,24). The van der Waals surface area contributed by atoms with Gasteiger partial charge < -0.3 is 39.9 Å². The molecule has 0 spiro atoms. The number of carbonyl (C=O) groups is 8. The Kier molecular flexibility index (Phi) is 35.3. The van der Waals surface area contributed by atoms with Crippen LogP contribution < -0.4 is 10.6 Å². The molecule has 0 aromatic carbocycles. The third kappa shape index (κ3) is 31.1. The Bertz CT molecular complexity index is 1140. The van der Waals surface area contributed by atoms with Crippen LogP contribution in [0.4, 0.5) is 0 Å². The number of aliphatic carboxylic acids is 2. The number of carbonyl (C=O) groups excluding carboxylic acids is 6. The monoisotopic (exact) mass is 842 g/mol. The molecule has 0 aromatic heterocycles. The van der Waals surface area contributed by atoms with Gasteiger partial charge in [-0.25, -0.2) is 0 Å². The van der Waals surface area contributed by atoms with E-state index in [0.29, 0.717) is 49.4 Å². The smallest absolute Gasteiger partial charge is 0.323 e. The zero-order valence-corrected chi connectivity index (χ0v) is 35.9. The molecule has 0 heterocycles. The van der Waals surface area contributed by atoms with Crippen molar-refractivity contribution in [3.63, 3.8) is 0 Å². The van der Waals surface area contributed by atoms with Crippen LogP contribution in [0.1, 0.15) is 104 Å². The second-order valence-corrected chi connectivity index (χ2v) is 17.8. The second kappa shape index (κ2) is 35.3. The van der Waals surface area contributed by atoms with E-state index in [1.807, 2.05) is 0 Å². The lowest BCUT2D eigenvalue weighted by Gasteiger charge is -2.15. The van der Waals surface area contributed by atoms with Crippen LogP contribution in [-0.2, 0) is 47.8 Å². The van der Waals surface area contributed by atoms with Gasteiger partial charge in [0, 0.05) is 61.5 Å². The number of hydrogen-bond acceptors (Lipinski definition) is 16. The number of ketones is 4. The maximum absolute atomic E-state index is 12.2. The normalized spacial score (nSPS) is 13.0. The lowest BCUT2D eigenvalue weighted by atomic mass is 10.00. The zero-order chi connectivity index (χ0) is 41.3. The first-order chi connectivity index (χ1) is 25.6. The number of ether oxygens (including phenoxy) is 2. The minimum atomic E-state index is -1.00. The van der Waals surface area contributed by atoms with E-state index in [2.05, 4.69) is 10.6 Å². The van der Waals surface area contributed by atoms with E-state index in [-0.39, 0.29) is 53.7 Å². The van der Waals surface area contributed by atoms with Crippen LogP contribution in [0.3, 0.4) is 0 Å². The van der Waals surface area contributed by atoms with Gasteiger partial charge in [-0.15, -0.1) is 0 Å². The summed E-state index contributed by atoms with van der Waals surface area (Å²) in [6.07, 6.45) is 8.93. The molecule has 4 atom stereocenters. The third-order valence-corrected chi connectivity index (χ3v) is 12.9. The first kappa shape index (κ1) is 54.0. The Morgan fingerprint density at radius 3 is 1.24 bits per heavy atom. The molecule has 18 heteroatoms.